The number of carbonyl (C=O) groups is 2. The highest BCUT2D eigenvalue weighted by atomic mass is 19.3. The molecule has 0 radical (unpaired) electrons. The highest BCUT2D eigenvalue weighted by Gasteiger charge is 2.43. The maximum absolute atomic E-state index is 14.7. The van der Waals surface area contributed by atoms with E-state index in [-0.39, 0.29) is 43.5 Å². The number of rotatable bonds is 2. The van der Waals surface area contributed by atoms with Crippen LogP contribution in [0.5, 0.6) is 0 Å². The number of hydrogen-bond acceptors (Lipinski definition) is 3. The molecule has 2 aliphatic rings. The van der Waals surface area contributed by atoms with E-state index in [4.69, 9.17) is 5.11 Å². The van der Waals surface area contributed by atoms with Gasteiger partial charge in [-0.2, -0.15) is 13.9 Å². The molecule has 7 nitrogen and oxygen atoms in total. The minimum Gasteiger partial charge on any atom is -0.465 e. The Morgan fingerprint density at radius 3 is 2.88 bits per heavy atom. The smallest absolute Gasteiger partial charge is 0.407 e. The molecule has 0 fully saturated rings. The lowest BCUT2D eigenvalue weighted by atomic mass is 9.98. The van der Waals surface area contributed by atoms with Gasteiger partial charge in [0.05, 0.1) is 12.2 Å². The van der Waals surface area contributed by atoms with Gasteiger partial charge in [0.1, 0.15) is 5.69 Å². The Morgan fingerprint density at radius 2 is 2.21 bits per heavy atom. The van der Waals surface area contributed by atoms with E-state index in [1.807, 2.05) is 0 Å². The third-order valence-electron chi connectivity index (χ3n) is 4.66. The molecule has 1 unspecified atom stereocenters. The summed E-state index contributed by atoms with van der Waals surface area (Å²) in [7, 11) is 0. The predicted molar refractivity (Wildman–Crippen MR) is 79.7 cm³/mol. The van der Waals surface area contributed by atoms with Gasteiger partial charge >= 0.3 is 6.09 Å². The van der Waals surface area contributed by atoms with Crippen LogP contribution in [0.3, 0.4) is 0 Å². The van der Waals surface area contributed by atoms with Crippen LogP contribution in [0, 0.1) is 5.92 Å². The van der Waals surface area contributed by atoms with E-state index in [0.717, 1.165) is 4.90 Å². The quantitative estimate of drug-likeness (QED) is 0.854. The molecule has 0 spiro atoms. The van der Waals surface area contributed by atoms with E-state index in [9.17, 15) is 18.4 Å². The molecule has 1 aromatic rings. The molecular weight excluding hydrogens is 322 g/mol. The fourth-order valence-electron chi connectivity index (χ4n) is 3.43. The van der Waals surface area contributed by atoms with Gasteiger partial charge in [0, 0.05) is 45.0 Å². The summed E-state index contributed by atoms with van der Waals surface area (Å²) in [5.41, 5.74) is 0.741. The maximum atomic E-state index is 14.7. The first-order valence-electron chi connectivity index (χ1n) is 7.97. The zero-order valence-electron chi connectivity index (χ0n) is 13.4. The topological polar surface area (TPSA) is 87.5 Å². The predicted octanol–water partition coefficient (Wildman–Crippen LogP) is 1.56. The van der Waals surface area contributed by atoms with Crippen LogP contribution in [0.15, 0.2) is 0 Å². The van der Waals surface area contributed by atoms with Crippen molar-refractivity contribution in [2.75, 3.05) is 13.1 Å². The third-order valence-corrected chi connectivity index (χ3v) is 4.66. The lowest BCUT2D eigenvalue weighted by molar-refractivity contribution is -0.119. The first-order valence-corrected chi connectivity index (χ1v) is 7.97. The minimum atomic E-state index is -3.05. The van der Waals surface area contributed by atoms with Crippen molar-refractivity contribution in [3.05, 3.63) is 17.0 Å². The van der Waals surface area contributed by atoms with Crippen molar-refractivity contribution in [1.29, 1.82) is 0 Å². The number of carbonyl (C=O) groups excluding carboxylic acids is 1. The van der Waals surface area contributed by atoms with Gasteiger partial charge in [-0.15, -0.1) is 0 Å². The van der Waals surface area contributed by atoms with Gasteiger partial charge in [-0.25, -0.2) is 4.79 Å². The number of alkyl halides is 2. The van der Waals surface area contributed by atoms with Crippen LogP contribution in [-0.2, 0) is 30.2 Å². The largest absolute Gasteiger partial charge is 0.465 e. The van der Waals surface area contributed by atoms with E-state index in [0.29, 0.717) is 30.8 Å². The second-order valence-electron chi connectivity index (χ2n) is 6.46. The summed E-state index contributed by atoms with van der Waals surface area (Å²) >= 11 is 0. The molecule has 2 N–H and O–H groups in total. The van der Waals surface area contributed by atoms with Crippen LogP contribution in [0.1, 0.15) is 36.7 Å². The summed E-state index contributed by atoms with van der Waals surface area (Å²) < 4.78 is 30.7. The highest BCUT2D eigenvalue weighted by Crippen LogP contribution is 2.41. The van der Waals surface area contributed by atoms with E-state index in [1.54, 1.807) is 0 Å². The maximum Gasteiger partial charge on any atom is 0.407 e. The van der Waals surface area contributed by atoms with Crippen molar-refractivity contribution in [2.45, 2.75) is 45.2 Å². The molecule has 1 aromatic heterocycles. The molecule has 0 bridgehead atoms. The van der Waals surface area contributed by atoms with E-state index < -0.39 is 12.0 Å². The average molecular weight is 342 g/mol. The van der Waals surface area contributed by atoms with Crippen molar-refractivity contribution in [2.24, 2.45) is 5.92 Å². The van der Waals surface area contributed by atoms with Crippen LogP contribution >= 0.6 is 0 Å². The third kappa shape index (κ3) is 3.07. The van der Waals surface area contributed by atoms with Crippen LogP contribution < -0.4 is 5.32 Å². The van der Waals surface area contributed by atoms with Crippen molar-refractivity contribution < 1.29 is 23.5 Å². The zero-order valence-corrected chi connectivity index (χ0v) is 13.4. The first-order chi connectivity index (χ1) is 11.3. The van der Waals surface area contributed by atoms with Gasteiger partial charge in [-0.3, -0.25) is 9.48 Å². The summed E-state index contributed by atoms with van der Waals surface area (Å²) in [6, 6.07) is 0. The SMILES string of the molecule is CC(=O)NCC1CCC(F)(F)c2c3c(nn2C1)CCN(C(=O)O)C3. The number of nitrogens with zero attached hydrogens (tertiary/aromatic N) is 3. The lowest BCUT2D eigenvalue weighted by Gasteiger charge is -2.25. The van der Waals surface area contributed by atoms with Gasteiger partial charge in [-0.1, -0.05) is 0 Å². The molecule has 0 saturated heterocycles. The molecule has 2 amide bonds. The number of carboxylic acid groups (broad SMARTS) is 1. The highest BCUT2D eigenvalue weighted by molar-refractivity contribution is 5.72. The molecule has 9 heteroatoms. The molecular formula is C15H20F2N4O3. The molecule has 3 rings (SSSR count). The Hall–Kier alpha value is -2.19. The number of hydrogen-bond donors (Lipinski definition) is 2. The van der Waals surface area contributed by atoms with Crippen molar-refractivity contribution in [3.63, 3.8) is 0 Å². The monoisotopic (exact) mass is 342 g/mol. The zero-order chi connectivity index (χ0) is 17.5. The second-order valence-corrected chi connectivity index (χ2v) is 6.46. The van der Waals surface area contributed by atoms with E-state index >= 15 is 0 Å². The summed E-state index contributed by atoms with van der Waals surface area (Å²) in [5.74, 6) is -3.37. The summed E-state index contributed by atoms with van der Waals surface area (Å²) in [6.45, 7) is 2.23. The van der Waals surface area contributed by atoms with Crippen LogP contribution in [0.25, 0.3) is 0 Å². The van der Waals surface area contributed by atoms with Gasteiger partial charge in [0.25, 0.3) is 5.92 Å². The van der Waals surface area contributed by atoms with Gasteiger partial charge in [0.2, 0.25) is 5.91 Å². The van der Waals surface area contributed by atoms with Crippen LogP contribution in [-0.4, -0.2) is 44.9 Å². The molecule has 0 aromatic carbocycles. The normalized spacial score (nSPS) is 22.3. The number of halogens is 2. The Kier molecular flexibility index (Phi) is 4.18. The molecule has 1 atom stereocenters. The number of fused-ring (bicyclic) bond motifs is 3. The molecule has 3 heterocycles. The van der Waals surface area contributed by atoms with Crippen molar-refractivity contribution in [3.8, 4) is 0 Å². The Balaban J connectivity index is 1.91. The fraction of sp³-hybridized carbons (Fsp3) is 0.667. The van der Waals surface area contributed by atoms with Crippen molar-refractivity contribution in [1.82, 2.24) is 20.0 Å². The van der Waals surface area contributed by atoms with Crippen LogP contribution in [0.4, 0.5) is 13.6 Å². The van der Waals surface area contributed by atoms with Gasteiger partial charge < -0.3 is 15.3 Å². The van der Waals surface area contributed by atoms with Gasteiger partial charge in [-0.05, 0) is 12.3 Å². The standard InChI is InChI=1S/C15H20F2N4O3/c1-9(22)18-6-10-2-4-15(16,17)13-11-8-20(14(23)24)5-3-12(11)19-21(13)7-10/h10H,2-8H2,1H3,(H,18,22)(H,23,24). The molecule has 0 aliphatic carbocycles. The van der Waals surface area contributed by atoms with Crippen molar-refractivity contribution >= 4 is 12.0 Å². The minimum absolute atomic E-state index is 0.0497. The first kappa shape index (κ1) is 16.7. The molecule has 0 saturated carbocycles. The van der Waals surface area contributed by atoms with Crippen LogP contribution in [0.2, 0.25) is 0 Å². The number of nitrogens with one attached hydrogen (secondary N) is 1. The summed E-state index contributed by atoms with van der Waals surface area (Å²) in [6.07, 6.45) is -0.828. The van der Waals surface area contributed by atoms with Gasteiger partial charge in [0.15, 0.2) is 0 Å². The lowest BCUT2D eigenvalue weighted by Crippen LogP contribution is -2.35. The molecule has 24 heavy (non-hydrogen) atoms. The number of amides is 2. The Bertz CT molecular complexity index is 674. The molecule has 132 valence electrons. The summed E-state index contributed by atoms with van der Waals surface area (Å²) in [4.78, 5) is 23.4. The van der Waals surface area contributed by atoms with E-state index in [2.05, 4.69) is 10.4 Å². The fourth-order valence-corrected chi connectivity index (χ4v) is 3.43. The average Bonchev–Trinajstić information content (AvgIpc) is 2.81. The Morgan fingerprint density at radius 1 is 1.46 bits per heavy atom. The Labute approximate surface area is 137 Å². The summed E-state index contributed by atoms with van der Waals surface area (Å²) in [5, 5.41) is 16.1. The molecule has 2 aliphatic heterocycles. The number of aromatic nitrogens is 2. The second kappa shape index (κ2) is 6.03. The van der Waals surface area contributed by atoms with E-state index in [1.165, 1.54) is 11.6 Å².